The van der Waals surface area contributed by atoms with Gasteiger partial charge in [0.25, 0.3) is 6.29 Å². The Balaban J connectivity index is 4.44. The Morgan fingerprint density at radius 2 is 0.966 bits per heavy atom. The highest BCUT2D eigenvalue weighted by Gasteiger charge is 2.25. The zero-order chi connectivity index (χ0) is 43.5. The molecule has 0 rings (SSSR count). The Hall–Kier alpha value is -3.01. The van der Waals surface area contributed by atoms with E-state index in [1.54, 1.807) is 0 Å². The largest absolute Gasteiger partial charge is 0.477 e. The van der Waals surface area contributed by atoms with Crippen molar-refractivity contribution in [2.24, 2.45) is 0 Å². The molecule has 0 amide bonds. The van der Waals surface area contributed by atoms with Gasteiger partial charge < -0.3 is 28.5 Å². The quantitative estimate of drug-likeness (QED) is 0.0213. The molecule has 2 atom stereocenters. The molecule has 59 heavy (non-hydrogen) atoms. The Morgan fingerprint density at radius 3 is 1.44 bits per heavy atom. The minimum absolute atomic E-state index is 0.182. The van der Waals surface area contributed by atoms with Crippen molar-refractivity contribution in [1.82, 2.24) is 0 Å². The molecule has 0 bridgehead atoms. The lowest BCUT2D eigenvalue weighted by Gasteiger charge is -2.25. The van der Waals surface area contributed by atoms with Gasteiger partial charge >= 0.3 is 17.9 Å². The van der Waals surface area contributed by atoms with Crippen LogP contribution >= 0.6 is 0 Å². The Bertz CT molecular complexity index is 1150. The SMILES string of the molecule is CC/C=C\C/C=C\C/C=C\C/C=C\C/C=C\CCCCCCCC(=O)OC(COC(=O)CCCCCCCCCCCCCCC)COC(OCC[N+](C)(C)C)C(=O)O. The van der Waals surface area contributed by atoms with Gasteiger partial charge in [-0.2, -0.15) is 0 Å². The van der Waals surface area contributed by atoms with Gasteiger partial charge in [0.2, 0.25) is 0 Å². The normalized spacial score (nSPS) is 13.4. The van der Waals surface area contributed by atoms with E-state index in [1.807, 2.05) is 21.1 Å². The minimum Gasteiger partial charge on any atom is -0.477 e. The summed E-state index contributed by atoms with van der Waals surface area (Å²) in [6, 6.07) is 0. The molecule has 0 aliphatic rings. The highest BCUT2D eigenvalue weighted by molar-refractivity contribution is 5.71. The van der Waals surface area contributed by atoms with Crippen LogP contribution in [0.25, 0.3) is 0 Å². The third-order valence-corrected chi connectivity index (χ3v) is 9.79. The number of rotatable bonds is 42. The summed E-state index contributed by atoms with van der Waals surface area (Å²) in [5, 5.41) is 9.64. The Labute approximate surface area is 361 Å². The maximum atomic E-state index is 12.8. The predicted octanol–water partition coefficient (Wildman–Crippen LogP) is 12.6. The summed E-state index contributed by atoms with van der Waals surface area (Å²) in [5.41, 5.74) is 0. The van der Waals surface area contributed by atoms with Crippen molar-refractivity contribution in [2.45, 2.75) is 193 Å². The van der Waals surface area contributed by atoms with Gasteiger partial charge in [-0.1, -0.05) is 171 Å². The molecule has 0 aromatic rings. The summed E-state index contributed by atoms with van der Waals surface area (Å²) in [6.45, 7) is 4.73. The monoisotopic (exact) mass is 831 g/mol. The second-order valence-corrected chi connectivity index (χ2v) is 16.7. The molecule has 0 saturated carbocycles. The average molecular weight is 831 g/mol. The van der Waals surface area contributed by atoms with Crippen LogP contribution in [0.15, 0.2) is 60.8 Å². The van der Waals surface area contributed by atoms with Crippen LogP contribution < -0.4 is 0 Å². The number of ether oxygens (including phenoxy) is 4. The summed E-state index contributed by atoms with van der Waals surface area (Å²) in [7, 11) is 5.94. The first-order valence-corrected chi connectivity index (χ1v) is 23.5. The zero-order valence-electron chi connectivity index (χ0n) is 38.4. The molecule has 9 nitrogen and oxygen atoms in total. The van der Waals surface area contributed by atoms with Crippen LogP contribution in [0.1, 0.15) is 181 Å². The maximum Gasteiger partial charge on any atom is 0.361 e. The molecule has 2 unspecified atom stereocenters. The maximum absolute atomic E-state index is 12.8. The molecular formula is C50H88NO8+. The molecule has 0 radical (unpaired) electrons. The summed E-state index contributed by atoms with van der Waals surface area (Å²) in [4.78, 5) is 37.1. The Morgan fingerprint density at radius 1 is 0.525 bits per heavy atom. The minimum atomic E-state index is -1.51. The molecule has 0 heterocycles. The van der Waals surface area contributed by atoms with E-state index in [0.717, 1.165) is 83.5 Å². The van der Waals surface area contributed by atoms with E-state index in [2.05, 4.69) is 74.6 Å². The number of hydrogen-bond acceptors (Lipinski definition) is 7. The molecule has 0 aromatic heterocycles. The van der Waals surface area contributed by atoms with Crippen LogP contribution in [0, 0.1) is 0 Å². The molecule has 0 spiro atoms. The topological polar surface area (TPSA) is 108 Å². The van der Waals surface area contributed by atoms with Gasteiger partial charge in [0.15, 0.2) is 6.10 Å². The number of aliphatic carboxylic acids is 1. The molecule has 340 valence electrons. The number of quaternary nitrogens is 1. The molecule has 0 fully saturated rings. The summed E-state index contributed by atoms with van der Waals surface area (Å²) in [6.07, 6.45) is 47.0. The number of carbonyl (C=O) groups is 3. The van der Waals surface area contributed by atoms with Gasteiger partial charge in [-0.05, 0) is 57.8 Å². The third-order valence-electron chi connectivity index (χ3n) is 9.79. The first kappa shape index (κ1) is 56.0. The number of nitrogens with zero attached hydrogens (tertiary/aromatic N) is 1. The molecular weight excluding hydrogens is 743 g/mol. The van der Waals surface area contributed by atoms with Crippen molar-refractivity contribution in [1.29, 1.82) is 0 Å². The van der Waals surface area contributed by atoms with Crippen LogP contribution in [0.5, 0.6) is 0 Å². The van der Waals surface area contributed by atoms with Crippen molar-refractivity contribution in [3.05, 3.63) is 60.8 Å². The number of likely N-dealkylation sites (N-methyl/N-ethyl adjacent to an activating group) is 1. The molecule has 1 N–H and O–H groups in total. The third kappa shape index (κ3) is 42.9. The fourth-order valence-corrected chi connectivity index (χ4v) is 6.16. The van der Waals surface area contributed by atoms with Gasteiger partial charge in [-0.25, -0.2) is 4.79 Å². The summed E-state index contributed by atoms with van der Waals surface area (Å²) >= 11 is 0. The first-order chi connectivity index (χ1) is 28.6. The number of unbranched alkanes of at least 4 members (excludes halogenated alkanes) is 17. The van der Waals surface area contributed by atoms with Crippen LogP contribution in [0.2, 0.25) is 0 Å². The number of carboxylic acid groups (broad SMARTS) is 1. The first-order valence-electron chi connectivity index (χ1n) is 23.5. The molecule has 0 aromatic carbocycles. The van der Waals surface area contributed by atoms with Crippen LogP contribution in [-0.4, -0.2) is 87.4 Å². The van der Waals surface area contributed by atoms with Crippen molar-refractivity contribution in [3.63, 3.8) is 0 Å². The summed E-state index contributed by atoms with van der Waals surface area (Å²) < 4.78 is 22.7. The molecule has 0 aliphatic carbocycles. The lowest BCUT2D eigenvalue weighted by Crippen LogP contribution is -2.40. The number of esters is 2. The fourth-order valence-electron chi connectivity index (χ4n) is 6.16. The van der Waals surface area contributed by atoms with Crippen molar-refractivity contribution in [2.75, 3.05) is 47.5 Å². The standard InChI is InChI=1S/C50H87NO8/c1-6-8-10-12-14-16-18-20-21-22-23-24-25-26-27-29-31-33-35-37-39-41-48(53)59-46(45-58-50(49(54)55)56-43-42-51(3,4)5)44-57-47(52)40-38-36-34-32-30-28-19-17-15-13-11-9-7-2/h8,10,14,16,20-21,23-24,26-27,46,50H,6-7,9,11-13,15,17-19,22,25,28-45H2,1-5H3/p+1/b10-8-,16-14-,21-20-,24-23-,27-26-. The molecule has 0 aliphatic heterocycles. The van der Waals surface area contributed by atoms with Gasteiger partial charge in [-0.15, -0.1) is 0 Å². The van der Waals surface area contributed by atoms with E-state index in [1.165, 1.54) is 64.2 Å². The van der Waals surface area contributed by atoms with Crippen LogP contribution in [0.3, 0.4) is 0 Å². The highest BCUT2D eigenvalue weighted by Crippen LogP contribution is 2.14. The highest BCUT2D eigenvalue weighted by atomic mass is 16.7. The van der Waals surface area contributed by atoms with Crippen molar-refractivity contribution in [3.8, 4) is 0 Å². The van der Waals surface area contributed by atoms with Crippen LogP contribution in [0.4, 0.5) is 0 Å². The van der Waals surface area contributed by atoms with E-state index in [9.17, 15) is 19.5 Å². The second kappa shape index (κ2) is 41.7. The Kier molecular flexibility index (Phi) is 39.6. The van der Waals surface area contributed by atoms with E-state index >= 15 is 0 Å². The number of allylic oxidation sites excluding steroid dienone is 10. The zero-order valence-corrected chi connectivity index (χ0v) is 38.4. The number of hydrogen-bond donors (Lipinski definition) is 1. The van der Waals surface area contributed by atoms with Gasteiger partial charge in [0.1, 0.15) is 13.2 Å². The fraction of sp³-hybridized carbons (Fsp3) is 0.740. The lowest BCUT2D eigenvalue weighted by molar-refractivity contribution is -0.870. The van der Waals surface area contributed by atoms with E-state index in [0.29, 0.717) is 23.9 Å². The van der Waals surface area contributed by atoms with E-state index in [-0.39, 0.29) is 32.2 Å². The van der Waals surface area contributed by atoms with Crippen molar-refractivity contribution >= 4 is 17.9 Å². The number of carboxylic acids is 1. The van der Waals surface area contributed by atoms with E-state index in [4.69, 9.17) is 18.9 Å². The molecule has 0 saturated heterocycles. The van der Waals surface area contributed by atoms with E-state index < -0.39 is 24.3 Å². The van der Waals surface area contributed by atoms with Crippen LogP contribution in [-0.2, 0) is 33.3 Å². The summed E-state index contributed by atoms with van der Waals surface area (Å²) in [5.74, 6) is -2.03. The van der Waals surface area contributed by atoms with Gasteiger partial charge in [0, 0.05) is 12.8 Å². The lowest BCUT2D eigenvalue weighted by atomic mass is 10.0. The predicted molar refractivity (Wildman–Crippen MR) is 244 cm³/mol. The number of carbonyl (C=O) groups excluding carboxylic acids is 2. The second-order valence-electron chi connectivity index (χ2n) is 16.7. The van der Waals surface area contributed by atoms with Crippen molar-refractivity contribution < 1.29 is 42.9 Å². The molecule has 9 heteroatoms. The van der Waals surface area contributed by atoms with Gasteiger partial charge in [0.05, 0.1) is 34.4 Å². The average Bonchev–Trinajstić information content (AvgIpc) is 3.19. The van der Waals surface area contributed by atoms with Gasteiger partial charge in [-0.3, -0.25) is 9.59 Å². The smallest absolute Gasteiger partial charge is 0.361 e.